The second kappa shape index (κ2) is 5.25. The van der Waals surface area contributed by atoms with Crippen molar-refractivity contribution in [3.05, 3.63) is 34.5 Å². The predicted octanol–water partition coefficient (Wildman–Crippen LogP) is 3.76. The van der Waals surface area contributed by atoms with Crippen molar-refractivity contribution in [3.8, 4) is 0 Å². The van der Waals surface area contributed by atoms with E-state index in [0.29, 0.717) is 5.02 Å². The van der Waals surface area contributed by atoms with Crippen LogP contribution in [0.15, 0.2) is 18.2 Å². The number of amides is 1. The van der Waals surface area contributed by atoms with Crippen molar-refractivity contribution >= 4 is 28.4 Å². The first-order valence-electron chi connectivity index (χ1n) is 6.55. The Morgan fingerprint density at radius 2 is 2.11 bits per heavy atom. The van der Waals surface area contributed by atoms with Crippen LogP contribution < -0.4 is 5.32 Å². The Balaban J connectivity index is 2.66. The Hall–Kier alpha value is -1.48. The van der Waals surface area contributed by atoms with E-state index in [9.17, 15) is 4.79 Å². The maximum absolute atomic E-state index is 12.3. The summed E-state index contributed by atoms with van der Waals surface area (Å²) in [4.78, 5) is 12.3. The number of nitrogens with zero attached hydrogens (tertiary/aromatic N) is 1. The fourth-order valence-corrected chi connectivity index (χ4v) is 2.62. The van der Waals surface area contributed by atoms with E-state index in [1.807, 2.05) is 50.5 Å². The molecule has 0 radical (unpaired) electrons. The highest BCUT2D eigenvalue weighted by molar-refractivity contribution is 6.31. The van der Waals surface area contributed by atoms with Gasteiger partial charge in [-0.25, -0.2) is 0 Å². The summed E-state index contributed by atoms with van der Waals surface area (Å²) in [7, 11) is 0. The van der Waals surface area contributed by atoms with Crippen LogP contribution in [0.1, 0.15) is 36.8 Å². The van der Waals surface area contributed by atoms with E-state index < -0.39 is 0 Å². The molecule has 19 heavy (non-hydrogen) atoms. The SMILES string of the molecule is CCn1c(C(=O)NC(C)C)c(C)c2cc(Cl)ccc21. The molecule has 0 saturated carbocycles. The minimum Gasteiger partial charge on any atom is -0.349 e. The molecule has 0 fully saturated rings. The number of benzene rings is 1. The molecule has 0 aliphatic carbocycles. The van der Waals surface area contributed by atoms with Gasteiger partial charge in [-0.2, -0.15) is 0 Å². The zero-order valence-corrected chi connectivity index (χ0v) is 12.5. The minimum absolute atomic E-state index is 0.0262. The summed E-state index contributed by atoms with van der Waals surface area (Å²) in [6.45, 7) is 8.69. The summed E-state index contributed by atoms with van der Waals surface area (Å²) < 4.78 is 2.04. The summed E-state index contributed by atoms with van der Waals surface area (Å²) in [5.74, 6) is -0.0262. The van der Waals surface area contributed by atoms with Crippen LogP contribution in [-0.4, -0.2) is 16.5 Å². The maximum atomic E-state index is 12.3. The summed E-state index contributed by atoms with van der Waals surface area (Å²) in [5, 5.41) is 4.70. The zero-order valence-electron chi connectivity index (χ0n) is 11.7. The molecule has 1 aromatic heterocycles. The molecule has 0 aliphatic rings. The molecule has 0 unspecified atom stereocenters. The molecule has 3 nitrogen and oxygen atoms in total. The van der Waals surface area contributed by atoms with Gasteiger partial charge in [-0.3, -0.25) is 4.79 Å². The molecule has 1 N–H and O–H groups in total. The van der Waals surface area contributed by atoms with Crippen molar-refractivity contribution in [2.75, 3.05) is 0 Å². The van der Waals surface area contributed by atoms with Crippen molar-refractivity contribution in [1.29, 1.82) is 0 Å². The highest BCUT2D eigenvalue weighted by Crippen LogP contribution is 2.28. The molecule has 1 amide bonds. The van der Waals surface area contributed by atoms with Gasteiger partial charge in [-0.1, -0.05) is 11.6 Å². The first-order chi connectivity index (χ1) is 8.95. The van der Waals surface area contributed by atoms with Gasteiger partial charge in [0.15, 0.2) is 0 Å². The molecule has 4 heteroatoms. The van der Waals surface area contributed by atoms with E-state index in [4.69, 9.17) is 11.6 Å². The standard InChI is InChI=1S/C15H19ClN2O/c1-5-18-13-7-6-11(16)8-12(13)10(4)14(18)15(19)17-9(2)3/h6-9H,5H2,1-4H3,(H,17,19). The molecular weight excluding hydrogens is 260 g/mol. The Morgan fingerprint density at radius 1 is 1.42 bits per heavy atom. The predicted molar refractivity (Wildman–Crippen MR) is 80.0 cm³/mol. The molecule has 0 spiro atoms. The second-order valence-corrected chi connectivity index (χ2v) is 5.44. The molecule has 1 heterocycles. The van der Waals surface area contributed by atoms with E-state index in [2.05, 4.69) is 5.32 Å². The lowest BCUT2D eigenvalue weighted by molar-refractivity contribution is 0.0933. The highest BCUT2D eigenvalue weighted by Gasteiger charge is 2.19. The smallest absolute Gasteiger partial charge is 0.268 e. The number of aromatic nitrogens is 1. The van der Waals surface area contributed by atoms with Gasteiger partial charge in [0.05, 0.1) is 0 Å². The lowest BCUT2D eigenvalue weighted by Crippen LogP contribution is -2.32. The molecule has 0 atom stereocenters. The van der Waals surface area contributed by atoms with Crippen LogP contribution in [0.3, 0.4) is 0 Å². The van der Waals surface area contributed by atoms with Crippen LogP contribution in [0.25, 0.3) is 10.9 Å². The Bertz CT molecular complexity index is 629. The third-order valence-corrected chi connectivity index (χ3v) is 3.46. The fourth-order valence-electron chi connectivity index (χ4n) is 2.45. The van der Waals surface area contributed by atoms with Crippen LogP contribution >= 0.6 is 11.6 Å². The number of carbonyl (C=O) groups is 1. The monoisotopic (exact) mass is 278 g/mol. The summed E-state index contributed by atoms with van der Waals surface area (Å²) in [6, 6.07) is 5.88. The maximum Gasteiger partial charge on any atom is 0.268 e. The summed E-state index contributed by atoms with van der Waals surface area (Å²) in [6.07, 6.45) is 0. The third kappa shape index (κ3) is 2.47. The van der Waals surface area contributed by atoms with Crippen LogP contribution in [0, 0.1) is 6.92 Å². The zero-order chi connectivity index (χ0) is 14.2. The number of nitrogens with one attached hydrogen (secondary N) is 1. The summed E-state index contributed by atoms with van der Waals surface area (Å²) in [5.41, 5.74) is 2.77. The topological polar surface area (TPSA) is 34.0 Å². The van der Waals surface area contributed by atoms with Crippen LogP contribution in [-0.2, 0) is 6.54 Å². The average molecular weight is 279 g/mol. The number of aryl methyl sites for hydroxylation is 2. The van der Waals surface area contributed by atoms with Crippen molar-refractivity contribution in [2.45, 2.75) is 40.3 Å². The van der Waals surface area contributed by atoms with Gasteiger partial charge in [0.25, 0.3) is 5.91 Å². The third-order valence-electron chi connectivity index (χ3n) is 3.23. The van der Waals surface area contributed by atoms with E-state index >= 15 is 0 Å². The molecule has 0 bridgehead atoms. The lowest BCUT2D eigenvalue weighted by atomic mass is 10.1. The first kappa shape index (κ1) is 13.9. The van der Waals surface area contributed by atoms with Gasteiger partial charge < -0.3 is 9.88 Å². The number of rotatable bonds is 3. The molecule has 0 aliphatic heterocycles. The van der Waals surface area contributed by atoms with Crippen molar-refractivity contribution in [2.24, 2.45) is 0 Å². The Morgan fingerprint density at radius 3 is 2.68 bits per heavy atom. The van der Waals surface area contributed by atoms with E-state index in [-0.39, 0.29) is 11.9 Å². The molecule has 102 valence electrons. The van der Waals surface area contributed by atoms with Crippen LogP contribution in [0.2, 0.25) is 5.02 Å². The Labute approximate surface area is 118 Å². The van der Waals surface area contributed by atoms with Crippen molar-refractivity contribution < 1.29 is 4.79 Å². The quantitative estimate of drug-likeness (QED) is 0.911. The molecule has 2 rings (SSSR count). The van der Waals surface area contributed by atoms with Gasteiger partial charge in [0.2, 0.25) is 0 Å². The van der Waals surface area contributed by atoms with Crippen LogP contribution in [0.4, 0.5) is 0 Å². The fraction of sp³-hybridized carbons (Fsp3) is 0.400. The number of hydrogen-bond donors (Lipinski definition) is 1. The average Bonchev–Trinajstić information content (AvgIpc) is 2.61. The van der Waals surface area contributed by atoms with Gasteiger partial charge in [0, 0.05) is 28.5 Å². The molecule has 1 aromatic carbocycles. The van der Waals surface area contributed by atoms with Gasteiger partial charge in [-0.15, -0.1) is 0 Å². The molecule has 2 aromatic rings. The lowest BCUT2D eigenvalue weighted by Gasteiger charge is -2.11. The number of fused-ring (bicyclic) bond motifs is 1. The van der Waals surface area contributed by atoms with Gasteiger partial charge in [-0.05, 0) is 51.5 Å². The second-order valence-electron chi connectivity index (χ2n) is 5.01. The normalized spacial score (nSPS) is 11.3. The minimum atomic E-state index is -0.0262. The number of hydrogen-bond acceptors (Lipinski definition) is 1. The van der Waals surface area contributed by atoms with Crippen LogP contribution in [0.5, 0.6) is 0 Å². The molecule has 0 saturated heterocycles. The van der Waals surface area contributed by atoms with Crippen molar-refractivity contribution in [3.63, 3.8) is 0 Å². The van der Waals surface area contributed by atoms with E-state index in [1.165, 1.54) is 0 Å². The van der Waals surface area contributed by atoms with E-state index in [0.717, 1.165) is 28.7 Å². The van der Waals surface area contributed by atoms with E-state index in [1.54, 1.807) is 0 Å². The number of halogens is 1. The largest absolute Gasteiger partial charge is 0.349 e. The first-order valence-corrected chi connectivity index (χ1v) is 6.92. The van der Waals surface area contributed by atoms with Crippen molar-refractivity contribution in [1.82, 2.24) is 9.88 Å². The molecular formula is C15H19ClN2O. The number of carbonyl (C=O) groups excluding carboxylic acids is 1. The van der Waals surface area contributed by atoms with Gasteiger partial charge >= 0.3 is 0 Å². The Kier molecular flexibility index (Phi) is 3.85. The highest BCUT2D eigenvalue weighted by atomic mass is 35.5. The summed E-state index contributed by atoms with van der Waals surface area (Å²) >= 11 is 6.05. The van der Waals surface area contributed by atoms with Gasteiger partial charge in [0.1, 0.15) is 5.69 Å².